The lowest BCUT2D eigenvalue weighted by molar-refractivity contribution is -0.141. The lowest BCUT2D eigenvalue weighted by Crippen LogP contribution is -2.30. The highest BCUT2D eigenvalue weighted by Crippen LogP contribution is 1.89. The lowest BCUT2D eigenvalue weighted by atomic mass is 10.4. The Labute approximate surface area is 68.3 Å². The fourth-order valence-electron chi connectivity index (χ4n) is 0.701. The van der Waals surface area contributed by atoms with Gasteiger partial charge in [-0.2, -0.15) is 0 Å². The van der Waals surface area contributed by atoms with E-state index in [0.717, 1.165) is 4.73 Å². The number of carbonyl (C=O) groups is 1. The molecule has 2 N–H and O–H groups in total. The van der Waals surface area contributed by atoms with E-state index in [-0.39, 0.29) is 5.69 Å². The van der Waals surface area contributed by atoms with Crippen molar-refractivity contribution in [1.82, 2.24) is 4.73 Å². The van der Waals surface area contributed by atoms with Gasteiger partial charge in [0.25, 0.3) is 0 Å². The van der Waals surface area contributed by atoms with E-state index >= 15 is 0 Å². The number of hydrogen-bond donors (Lipinski definition) is 1. The van der Waals surface area contributed by atoms with Crippen LogP contribution in [0.2, 0.25) is 0 Å². The van der Waals surface area contributed by atoms with Gasteiger partial charge in [-0.15, -0.1) is 4.73 Å². The van der Waals surface area contributed by atoms with Gasteiger partial charge < -0.3 is 10.6 Å². The molecule has 0 aliphatic carbocycles. The zero-order valence-electron chi connectivity index (χ0n) is 6.48. The number of nitrogen functional groups attached to an aromatic ring is 1. The normalized spacial score (nSPS) is 9.42. The molecule has 0 saturated carbocycles. The van der Waals surface area contributed by atoms with E-state index in [2.05, 4.69) is 4.84 Å². The molecule has 0 aliphatic heterocycles. The summed E-state index contributed by atoms with van der Waals surface area (Å²) >= 11 is 0. The standard InChI is InChI=1S/C7H8N2O3/c1-5(10)12-9-4-2-3-6(8)7(9)11/h2-4H,8H2,1H3. The summed E-state index contributed by atoms with van der Waals surface area (Å²) in [4.78, 5) is 26.0. The van der Waals surface area contributed by atoms with Gasteiger partial charge in [0.15, 0.2) is 0 Å². The average Bonchev–Trinajstić information content (AvgIpc) is 1.98. The van der Waals surface area contributed by atoms with Crippen molar-refractivity contribution in [2.45, 2.75) is 6.92 Å². The van der Waals surface area contributed by atoms with Crippen LogP contribution in [0.1, 0.15) is 6.92 Å². The van der Waals surface area contributed by atoms with Crippen molar-refractivity contribution >= 4 is 11.7 Å². The Balaban J connectivity index is 3.09. The van der Waals surface area contributed by atoms with Gasteiger partial charge in [-0.25, -0.2) is 4.79 Å². The average molecular weight is 168 g/mol. The molecule has 0 radical (unpaired) electrons. The van der Waals surface area contributed by atoms with Crippen LogP contribution in [0.25, 0.3) is 0 Å². The molecule has 0 bridgehead atoms. The molecule has 12 heavy (non-hydrogen) atoms. The molecule has 0 saturated heterocycles. The molecule has 0 aliphatic rings. The molecular formula is C7H8N2O3. The highest BCUT2D eigenvalue weighted by atomic mass is 16.7. The quantitative estimate of drug-likeness (QED) is 0.608. The monoisotopic (exact) mass is 168 g/mol. The summed E-state index contributed by atoms with van der Waals surface area (Å²) in [5, 5.41) is 0. The number of pyridine rings is 1. The van der Waals surface area contributed by atoms with Gasteiger partial charge in [-0.1, -0.05) is 0 Å². The van der Waals surface area contributed by atoms with Crippen molar-refractivity contribution in [1.29, 1.82) is 0 Å². The number of hydrogen-bond acceptors (Lipinski definition) is 4. The summed E-state index contributed by atoms with van der Waals surface area (Å²) in [6.45, 7) is 1.20. The topological polar surface area (TPSA) is 74.3 Å². The molecule has 0 aromatic carbocycles. The second-order valence-electron chi connectivity index (χ2n) is 2.18. The molecule has 0 amide bonds. The highest BCUT2D eigenvalue weighted by Gasteiger charge is 2.00. The van der Waals surface area contributed by atoms with Gasteiger partial charge in [-0.05, 0) is 12.1 Å². The Bertz CT molecular complexity index is 356. The largest absolute Gasteiger partial charge is 0.394 e. The first-order valence-corrected chi connectivity index (χ1v) is 3.27. The zero-order valence-corrected chi connectivity index (χ0v) is 6.48. The van der Waals surface area contributed by atoms with E-state index in [1.165, 1.54) is 25.3 Å². The van der Waals surface area contributed by atoms with Crippen LogP contribution in [0.3, 0.4) is 0 Å². The van der Waals surface area contributed by atoms with Crippen LogP contribution in [-0.4, -0.2) is 10.7 Å². The van der Waals surface area contributed by atoms with Gasteiger partial charge >= 0.3 is 11.5 Å². The molecule has 1 aromatic rings. The minimum absolute atomic E-state index is 0.0405. The first kappa shape index (κ1) is 8.32. The Morgan fingerprint density at radius 3 is 2.92 bits per heavy atom. The maximum absolute atomic E-state index is 11.1. The molecule has 5 nitrogen and oxygen atoms in total. The summed E-state index contributed by atoms with van der Waals surface area (Å²) < 4.78 is 0.789. The minimum Gasteiger partial charge on any atom is -0.394 e. The highest BCUT2D eigenvalue weighted by molar-refractivity contribution is 5.66. The Kier molecular flexibility index (Phi) is 2.14. The first-order chi connectivity index (χ1) is 5.61. The van der Waals surface area contributed by atoms with Crippen molar-refractivity contribution < 1.29 is 9.63 Å². The van der Waals surface area contributed by atoms with Crippen LogP contribution in [0.5, 0.6) is 0 Å². The van der Waals surface area contributed by atoms with Gasteiger partial charge in [0.05, 0.1) is 0 Å². The van der Waals surface area contributed by atoms with Gasteiger partial charge in [0.1, 0.15) is 5.69 Å². The Hall–Kier alpha value is -1.78. The predicted molar refractivity (Wildman–Crippen MR) is 42.4 cm³/mol. The second-order valence-corrected chi connectivity index (χ2v) is 2.18. The summed E-state index contributed by atoms with van der Waals surface area (Å²) in [5.41, 5.74) is 4.78. The molecule has 1 aromatic heterocycles. The van der Waals surface area contributed by atoms with E-state index in [4.69, 9.17) is 5.73 Å². The third-order valence-electron chi connectivity index (χ3n) is 1.17. The third-order valence-corrected chi connectivity index (χ3v) is 1.17. The number of aromatic nitrogens is 1. The zero-order chi connectivity index (χ0) is 9.14. The molecule has 64 valence electrons. The Morgan fingerprint density at radius 2 is 2.33 bits per heavy atom. The summed E-state index contributed by atoms with van der Waals surface area (Å²) in [6.07, 6.45) is 1.32. The molecule has 0 fully saturated rings. The lowest BCUT2D eigenvalue weighted by Gasteiger charge is -2.02. The maximum Gasteiger partial charge on any atom is 0.330 e. The molecule has 0 atom stereocenters. The van der Waals surface area contributed by atoms with Crippen molar-refractivity contribution in [2.24, 2.45) is 0 Å². The van der Waals surface area contributed by atoms with Gasteiger partial charge in [-0.3, -0.25) is 4.79 Å². The summed E-state index contributed by atoms with van der Waals surface area (Å²) in [5.74, 6) is -0.567. The first-order valence-electron chi connectivity index (χ1n) is 3.27. The number of nitrogens with two attached hydrogens (primary N) is 1. The van der Waals surface area contributed by atoms with E-state index in [1.807, 2.05) is 0 Å². The molecule has 1 heterocycles. The van der Waals surface area contributed by atoms with E-state index in [9.17, 15) is 9.59 Å². The SMILES string of the molecule is CC(=O)On1cccc(N)c1=O. The fourth-order valence-corrected chi connectivity index (χ4v) is 0.701. The number of rotatable bonds is 1. The van der Waals surface area contributed by atoms with Crippen molar-refractivity contribution in [3.8, 4) is 0 Å². The maximum atomic E-state index is 11.1. The van der Waals surface area contributed by atoms with E-state index < -0.39 is 11.5 Å². The van der Waals surface area contributed by atoms with Crippen molar-refractivity contribution in [2.75, 3.05) is 5.73 Å². The number of nitrogens with zero attached hydrogens (tertiary/aromatic N) is 1. The summed E-state index contributed by atoms with van der Waals surface area (Å²) in [7, 11) is 0. The third kappa shape index (κ3) is 1.63. The minimum atomic E-state index is -0.567. The van der Waals surface area contributed by atoms with Gasteiger partial charge in [0.2, 0.25) is 0 Å². The van der Waals surface area contributed by atoms with Crippen LogP contribution in [0.4, 0.5) is 5.69 Å². The second kappa shape index (κ2) is 3.08. The summed E-state index contributed by atoms with van der Waals surface area (Å²) in [6, 6.07) is 2.95. The van der Waals surface area contributed by atoms with E-state index in [0.29, 0.717) is 0 Å². The Morgan fingerprint density at radius 1 is 1.67 bits per heavy atom. The fraction of sp³-hybridized carbons (Fsp3) is 0.143. The molecule has 0 unspecified atom stereocenters. The van der Waals surface area contributed by atoms with Crippen LogP contribution in [0.15, 0.2) is 23.1 Å². The van der Waals surface area contributed by atoms with Crippen LogP contribution >= 0.6 is 0 Å². The van der Waals surface area contributed by atoms with Gasteiger partial charge in [0, 0.05) is 13.1 Å². The van der Waals surface area contributed by atoms with Crippen molar-refractivity contribution in [3.63, 3.8) is 0 Å². The molecule has 0 spiro atoms. The number of carbonyl (C=O) groups excluding carboxylic acids is 1. The van der Waals surface area contributed by atoms with Crippen LogP contribution in [-0.2, 0) is 4.79 Å². The predicted octanol–water partition coefficient (Wildman–Crippen LogP) is -0.594. The molecule has 5 heteroatoms. The van der Waals surface area contributed by atoms with Crippen LogP contribution < -0.4 is 16.1 Å². The van der Waals surface area contributed by atoms with Crippen LogP contribution in [0, 0.1) is 0 Å². The molecular weight excluding hydrogens is 160 g/mol. The number of anilines is 1. The van der Waals surface area contributed by atoms with E-state index in [1.54, 1.807) is 0 Å². The van der Waals surface area contributed by atoms with Crippen molar-refractivity contribution in [3.05, 3.63) is 28.7 Å². The smallest absolute Gasteiger partial charge is 0.330 e. The molecule has 1 rings (SSSR count).